The first kappa shape index (κ1) is 12.2. The maximum absolute atomic E-state index is 10.5. The largest absolute Gasteiger partial charge is 0.389 e. The highest BCUT2D eigenvalue weighted by molar-refractivity contribution is 5.66. The maximum atomic E-state index is 10.5. The third kappa shape index (κ3) is 1.83. The lowest BCUT2D eigenvalue weighted by Gasteiger charge is -2.44. The van der Waals surface area contributed by atoms with Crippen LogP contribution in [-0.4, -0.2) is 22.2 Å². The van der Waals surface area contributed by atoms with Crippen molar-refractivity contribution in [1.29, 1.82) is 5.26 Å². The van der Waals surface area contributed by atoms with Gasteiger partial charge < -0.3 is 16.2 Å². The van der Waals surface area contributed by atoms with Gasteiger partial charge in [-0.3, -0.25) is 0 Å². The Morgan fingerprint density at radius 1 is 1.42 bits per heavy atom. The first-order valence-electron chi connectivity index (χ1n) is 6.71. The van der Waals surface area contributed by atoms with E-state index in [4.69, 9.17) is 11.0 Å². The van der Waals surface area contributed by atoms with Crippen LogP contribution in [0.25, 0.3) is 0 Å². The van der Waals surface area contributed by atoms with Crippen LogP contribution in [0.2, 0.25) is 0 Å². The molecule has 2 saturated carbocycles. The van der Waals surface area contributed by atoms with E-state index in [1.165, 1.54) is 0 Å². The minimum Gasteiger partial charge on any atom is -0.389 e. The predicted octanol–water partition coefficient (Wildman–Crippen LogP) is 1.64. The summed E-state index contributed by atoms with van der Waals surface area (Å²) in [6.07, 6.45) is 6.62. The highest BCUT2D eigenvalue weighted by Crippen LogP contribution is 2.61. The van der Waals surface area contributed by atoms with Crippen molar-refractivity contribution in [1.82, 2.24) is 4.98 Å². The molecule has 0 radical (unpaired) electrons. The molecule has 0 aliphatic heterocycles. The van der Waals surface area contributed by atoms with Crippen molar-refractivity contribution in [2.75, 3.05) is 17.6 Å². The van der Waals surface area contributed by atoms with E-state index < -0.39 is 5.60 Å². The van der Waals surface area contributed by atoms with Crippen LogP contribution in [0.4, 0.5) is 11.5 Å². The van der Waals surface area contributed by atoms with Gasteiger partial charge in [-0.2, -0.15) is 5.26 Å². The Hall–Kier alpha value is -1.80. The Kier molecular flexibility index (Phi) is 2.64. The summed E-state index contributed by atoms with van der Waals surface area (Å²) in [4.78, 5) is 3.91. The first-order chi connectivity index (χ1) is 9.10. The fourth-order valence-corrected chi connectivity index (χ4v) is 3.01. The summed E-state index contributed by atoms with van der Waals surface area (Å²) < 4.78 is 0. The van der Waals surface area contributed by atoms with E-state index in [0.29, 0.717) is 17.8 Å². The van der Waals surface area contributed by atoms with E-state index in [0.717, 1.165) is 32.1 Å². The van der Waals surface area contributed by atoms with Gasteiger partial charge in [-0.15, -0.1) is 0 Å². The van der Waals surface area contributed by atoms with Gasteiger partial charge in [0.15, 0.2) is 0 Å². The van der Waals surface area contributed by atoms with Gasteiger partial charge in [0, 0.05) is 18.2 Å². The molecule has 5 heteroatoms. The number of aromatic nitrogens is 1. The monoisotopic (exact) mass is 258 g/mol. The number of aliphatic hydroxyl groups is 1. The summed E-state index contributed by atoms with van der Waals surface area (Å²) >= 11 is 0. The molecule has 0 aromatic carbocycles. The summed E-state index contributed by atoms with van der Waals surface area (Å²) in [5.74, 6) is 0.250. The fraction of sp³-hybridized carbons (Fsp3) is 0.571. The topological polar surface area (TPSA) is 95.0 Å². The van der Waals surface area contributed by atoms with E-state index in [-0.39, 0.29) is 11.2 Å². The number of nitrogens with two attached hydrogens (primary N) is 1. The zero-order valence-corrected chi connectivity index (χ0v) is 10.8. The summed E-state index contributed by atoms with van der Waals surface area (Å²) in [6, 6.07) is 3.83. The number of nitrogens with zero attached hydrogens (tertiary/aromatic N) is 2. The molecule has 0 amide bonds. The Morgan fingerprint density at radius 3 is 2.68 bits per heavy atom. The molecule has 5 nitrogen and oxygen atoms in total. The molecule has 100 valence electrons. The number of hydrogen-bond acceptors (Lipinski definition) is 5. The molecule has 1 aromatic rings. The van der Waals surface area contributed by atoms with Crippen molar-refractivity contribution in [3.63, 3.8) is 0 Å². The van der Waals surface area contributed by atoms with Gasteiger partial charge in [0.1, 0.15) is 17.5 Å². The highest BCUT2D eigenvalue weighted by atomic mass is 16.3. The summed E-state index contributed by atoms with van der Waals surface area (Å²) in [7, 11) is 0. The zero-order chi connectivity index (χ0) is 13.5. The van der Waals surface area contributed by atoms with E-state index in [1.807, 2.05) is 0 Å². The summed E-state index contributed by atoms with van der Waals surface area (Å²) in [5.41, 5.74) is 6.29. The Morgan fingerprint density at radius 2 is 2.16 bits per heavy atom. The smallest absolute Gasteiger partial charge is 0.143 e. The standard InChI is InChI=1S/C14H18N4O/c15-8-10-11(2-7-17-12(10)16)18-9-13(5-6-13)14(19)3-1-4-14/h2,7,19H,1,3-6,9H2,(H3,16,17,18). The van der Waals surface area contributed by atoms with Crippen molar-refractivity contribution in [2.45, 2.75) is 37.7 Å². The number of pyridine rings is 1. The number of rotatable bonds is 4. The predicted molar refractivity (Wildman–Crippen MR) is 72.3 cm³/mol. The highest BCUT2D eigenvalue weighted by Gasteiger charge is 2.60. The second-order valence-electron chi connectivity index (χ2n) is 5.75. The van der Waals surface area contributed by atoms with Crippen LogP contribution in [0.3, 0.4) is 0 Å². The van der Waals surface area contributed by atoms with Crippen molar-refractivity contribution >= 4 is 11.5 Å². The lowest BCUT2D eigenvalue weighted by atomic mass is 9.69. The molecular formula is C14H18N4O. The molecule has 0 bridgehead atoms. The van der Waals surface area contributed by atoms with Gasteiger partial charge in [0.25, 0.3) is 0 Å². The van der Waals surface area contributed by atoms with E-state index in [1.54, 1.807) is 12.3 Å². The van der Waals surface area contributed by atoms with Gasteiger partial charge in [0.05, 0.1) is 11.3 Å². The third-order valence-electron chi connectivity index (χ3n) is 4.73. The molecule has 0 saturated heterocycles. The molecule has 2 aliphatic rings. The van der Waals surface area contributed by atoms with E-state index in [2.05, 4.69) is 16.4 Å². The van der Waals surface area contributed by atoms with Gasteiger partial charge >= 0.3 is 0 Å². The van der Waals surface area contributed by atoms with E-state index in [9.17, 15) is 5.11 Å². The van der Waals surface area contributed by atoms with Crippen LogP contribution in [0.5, 0.6) is 0 Å². The molecule has 3 rings (SSSR count). The number of nitrogen functional groups attached to an aromatic ring is 1. The molecule has 4 N–H and O–H groups in total. The normalized spacial score (nSPS) is 22.1. The van der Waals surface area contributed by atoms with E-state index >= 15 is 0 Å². The minimum absolute atomic E-state index is 0.00396. The van der Waals surface area contributed by atoms with Gasteiger partial charge in [-0.25, -0.2) is 4.98 Å². The third-order valence-corrected chi connectivity index (χ3v) is 4.73. The summed E-state index contributed by atoms with van der Waals surface area (Å²) in [6.45, 7) is 0.696. The zero-order valence-electron chi connectivity index (χ0n) is 10.8. The second-order valence-corrected chi connectivity index (χ2v) is 5.75. The lowest BCUT2D eigenvalue weighted by molar-refractivity contribution is -0.0916. The average Bonchev–Trinajstić information content (AvgIpc) is 3.15. The molecule has 2 aliphatic carbocycles. The van der Waals surface area contributed by atoms with Crippen molar-refractivity contribution in [3.05, 3.63) is 17.8 Å². The van der Waals surface area contributed by atoms with Gasteiger partial charge in [-0.05, 0) is 38.2 Å². The molecule has 2 fully saturated rings. The SMILES string of the molecule is N#Cc1c(NCC2(C3(O)CCC3)CC2)ccnc1N. The molecular weight excluding hydrogens is 240 g/mol. The number of hydrogen-bond donors (Lipinski definition) is 3. The number of anilines is 2. The van der Waals surface area contributed by atoms with Crippen molar-refractivity contribution < 1.29 is 5.11 Å². The molecule has 0 atom stereocenters. The maximum Gasteiger partial charge on any atom is 0.143 e. The Labute approximate surface area is 112 Å². The minimum atomic E-state index is -0.495. The number of nitrogens with one attached hydrogen (secondary N) is 1. The van der Waals surface area contributed by atoms with Crippen molar-refractivity contribution in [2.24, 2.45) is 5.41 Å². The fourth-order valence-electron chi connectivity index (χ4n) is 3.01. The first-order valence-corrected chi connectivity index (χ1v) is 6.71. The van der Waals surface area contributed by atoms with Crippen LogP contribution in [0, 0.1) is 16.7 Å². The van der Waals surface area contributed by atoms with Crippen LogP contribution in [0.15, 0.2) is 12.3 Å². The molecule has 0 spiro atoms. The van der Waals surface area contributed by atoms with Crippen LogP contribution < -0.4 is 11.1 Å². The number of nitriles is 1. The van der Waals surface area contributed by atoms with Gasteiger partial charge in [-0.1, -0.05) is 0 Å². The quantitative estimate of drug-likeness (QED) is 0.763. The van der Waals surface area contributed by atoms with Crippen LogP contribution >= 0.6 is 0 Å². The Balaban J connectivity index is 1.74. The summed E-state index contributed by atoms with van der Waals surface area (Å²) in [5, 5.41) is 22.9. The molecule has 19 heavy (non-hydrogen) atoms. The second kappa shape index (κ2) is 4.10. The Bertz CT molecular complexity index is 541. The van der Waals surface area contributed by atoms with Crippen LogP contribution in [-0.2, 0) is 0 Å². The van der Waals surface area contributed by atoms with Crippen molar-refractivity contribution in [3.8, 4) is 6.07 Å². The molecule has 1 heterocycles. The van der Waals surface area contributed by atoms with Gasteiger partial charge in [0.2, 0.25) is 0 Å². The molecule has 0 unspecified atom stereocenters. The van der Waals surface area contributed by atoms with Crippen LogP contribution in [0.1, 0.15) is 37.7 Å². The molecule has 1 aromatic heterocycles. The average molecular weight is 258 g/mol. The lowest BCUT2D eigenvalue weighted by Crippen LogP contribution is -2.48.